The zero-order valence-electron chi connectivity index (χ0n) is 23.5. The fourth-order valence-electron chi connectivity index (χ4n) is 5.39. The summed E-state index contributed by atoms with van der Waals surface area (Å²) in [5, 5.41) is 9.94. The minimum atomic E-state index is -3.65. The third kappa shape index (κ3) is 5.09. The Kier molecular flexibility index (Phi) is 6.70. The second-order valence-corrected chi connectivity index (χ2v) is 13.2. The van der Waals surface area contributed by atoms with Crippen molar-refractivity contribution in [3.63, 3.8) is 0 Å². The van der Waals surface area contributed by atoms with E-state index in [-0.39, 0.29) is 17.4 Å². The molecule has 1 saturated carbocycles. The molecule has 6 aromatic rings. The molecular weight excluding hydrogens is 583 g/mol. The summed E-state index contributed by atoms with van der Waals surface area (Å²) in [4.78, 5) is 29.2. The van der Waals surface area contributed by atoms with Crippen LogP contribution in [0, 0.1) is 11.7 Å². The molecule has 11 nitrogen and oxygen atoms in total. The minimum absolute atomic E-state index is 0.0216. The fraction of sp³-hybridized carbons (Fsp3) is 0.194. The molecule has 1 unspecified atom stereocenters. The van der Waals surface area contributed by atoms with Gasteiger partial charge >= 0.3 is 0 Å². The van der Waals surface area contributed by atoms with Crippen LogP contribution in [0.4, 0.5) is 10.1 Å². The molecule has 13 heteroatoms. The predicted octanol–water partition coefficient (Wildman–Crippen LogP) is 5.11. The van der Waals surface area contributed by atoms with Gasteiger partial charge in [0.25, 0.3) is 0 Å². The molecule has 1 aliphatic carbocycles. The van der Waals surface area contributed by atoms with E-state index in [1.165, 1.54) is 6.07 Å². The molecule has 1 atom stereocenters. The Hall–Kier alpha value is -5.01. The number of nitrogens with two attached hydrogens (primary N) is 1. The van der Waals surface area contributed by atoms with E-state index in [0.717, 1.165) is 53.6 Å². The summed E-state index contributed by atoms with van der Waals surface area (Å²) < 4.78 is 38.8. The number of nitrogens with zero attached hydrogens (tertiary/aromatic N) is 4. The number of benzene rings is 2. The maximum Gasteiger partial charge on any atom is 0.227 e. The summed E-state index contributed by atoms with van der Waals surface area (Å²) in [5.41, 5.74) is 11.6. The Morgan fingerprint density at radius 2 is 1.91 bits per heavy atom. The number of imidazole rings is 1. The average Bonchev–Trinajstić information content (AvgIpc) is 3.59. The van der Waals surface area contributed by atoms with Crippen molar-refractivity contribution in [2.45, 2.75) is 24.6 Å². The molecule has 1 amide bonds. The first-order chi connectivity index (χ1) is 21.1. The molecular formula is C31H27FN8O3S. The Bertz CT molecular complexity index is 2190. The van der Waals surface area contributed by atoms with Gasteiger partial charge in [-0.25, -0.2) is 22.8 Å². The van der Waals surface area contributed by atoms with Crippen molar-refractivity contribution in [1.82, 2.24) is 30.1 Å². The number of sulfone groups is 1. The van der Waals surface area contributed by atoms with Gasteiger partial charge in [-0.1, -0.05) is 12.5 Å². The number of hydrogen-bond acceptors (Lipinski definition) is 8. The Labute approximate surface area is 251 Å². The van der Waals surface area contributed by atoms with Crippen LogP contribution in [0.15, 0.2) is 67.1 Å². The first-order valence-corrected chi connectivity index (χ1v) is 15.9. The van der Waals surface area contributed by atoms with Gasteiger partial charge in [-0.3, -0.25) is 14.9 Å². The molecule has 0 aliphatic heterocycles. The molecule has 1 fully saturated rings. The number of aromatic nitrogens is 6. The normalized spacial score (nSPS) is 14.5. The molecule has 222 valence electrons. The molecule has 7 rings (SSSR count). The molecule has 5 N–H and O–H groups in total. The smallest absolute Gasteiger partial charge is 0.227 e. The molecule has 4 heterocycles. The highest BCUT2D eigenvalue weighted by atomic mass is 32.2. The van der Waals surface area contributed by atoms with Gasteiger partial charge in [0, 0.05) is 41.1 Å². The van der Waals surface area contributed by atoms with Crippen LogP contribution in [-0.4, -0.2) is 50.7 Å². The van der Waals surface area contributed by atoms with Gasteiger partial charge in [0.1, 0.15) is 22.4 Å². The third-order valence-electron chi connectivity index (χ3n) is 8.01. The monoisotopic (exact) mass is 610 g/mol. The van der Waals surface area contributed by atoms with Crippen LogP contribution in [-0.2, 0) is 14.6 Å². The molecule has 4 aromatic heterocycles. The number of hydrogen-bond donors (Lipinski definition) is 4. The molecule has 0 radical (unpaired) electrons. The fourth-order valence-corrected chi connectivity index (χ4v) is 6.02. The predicted molar refractivity (Wildman–Crippen MR) is 165 cm³/mol. The van der Waals surface area contributed by atoms with Crippen molar-refractivity contribution in [1.29, 1.82) is 0 Å². The maximum atomic E-state index is 14.7. The van der Waals surface area contributed by atoms with E-state index >= 15 is 0 Å². The maximum absolute atomic E-state index is 14.7. The van der Waals surface area contributed by atoms with Crippen LogP contribution in [0.3, 0.4) is 0 Å². The lowest BCUT2D eigenvalue weighted by molar-refractivity contribution is -0.122. The first-order valence-electron chi connectivity index (χ1n) is 14.0. The number of H-pyrrole nitrogens is 2. The van der Waals surface area contributed by atoms with Crippen LogP contribution in [0.2, 0.25) is 0 Å². The van der Waals surface area contributed by atoms with Crippen LogP contribution in [0.1, 0.15) is 30.2 Å². The van der Waals surface area contributed by atoms with Gasteiger partial charge in [-0.05, 0) is 72.0 Å². The number of pyridine rings is 2. The van der Waals surface area contributed by atoms with Crippen LogP contribution >= 0.6 is 0 Å². The van der Waals surface area contributed by atoms with Gasteiger partial charge in [0.05, 0.1) is 17.4 Å². The van der Waals surface area contributed by atoms with Crippen LogP contribution in [0.25, 0.3) is 55.8 Å². The average molecular weight is 611 g/mol. The van der Waals surface area contributed by atoms with Gasteiger partial charge < -0.3 is 16.0 Å². The number of carbonyl (C=O) groups is 1. The number of nitrogens with one attached hydrogen (secondary N) is 3. The lowest BCUT2D eigenvalue weighted by Crippen LogP contribution is -2.28. The summed E-state index contributed by atoms with van der Waals surface area (Å²) in [5.74, 6) is -0.0968. The van der Waals surface area contributed by atoms with Gasteiger partial charge in [-0.2, -0.15) is 5.10 Å². The summed E-state index contributed by atoms with van der Waals surface area (Å²) in [6.07, 6.45) is 8.85. The van der Waals surface area contributed by atoms with E-state index in [0.29, 0.717) is 39.5 Å². The van der Waals surface area contributed by atoms with Crippen LogP contribution < -0.4 is 11.1 Å². The van der Waals surface area contributed by atoms with Crippen molar-refractivity contribution >= 4 is 43.5 Å². The third-order valence-corrected chi connectivity index (χ3v) is 9.20. The number of aromatic amines is 2. The first kappa shape index (κ1) is 27.8. The van der Waals surface area contributed by atoms with Crippen LogP contribution in [0.5, 0.6) is 0 Å². The Morgan fingerprint density at radius 3 is 2.68 bits per heavy atom. The van der Waals surface area contributed by atoms with E-state index < -0.39 is 21.0 Å². The van der Waals surface area contributed by atoms with Crippen molar-refractivity contribution in [2.75, 3.05) is 11.6 Å². The van der Waals surface area contributed by atoms with Gasteiger partial charge in [0.2, 0.25) is 5.91 Å². The molecule has 0 bridgehead atoms. The molecule has 44 heavy (non-hydrogen) atoms. The molecule has 1 aliphatic rings. The van der Waals surface area contributed by atoms with E-state index in [2.05, 4.69) is 30.5 Å². The summed E-state index contributed by atoms with van der Waals surface area (Å²) in [6.45, 7) is 0. The second kappa shape index (κ2) is 10.6. The molecule has 0 spiro atoms. The zero-order chi connectivity index (χ0) is 30.6. The quantitative estimate of drug-likeness (QED) is 0.193. The Morgan fingerprint density at radius 1 is 1.07 bits per heavy atom. The highest BCUT2D eigenvalue weighted by Crippen LogP contribution is 2.34. The summed E-state index contributed by atoms with van der Waals surface area (Å²) in [7, 11) is -3.65. The number of amides is 1. The Balaban J connectivity index is 1.26. The largest absolute Gasteiger partial charge is 0.324 e. The number of fused-ring (bicyclic) bond motifs is 2. The standard InChI is InChI=1S/C31H27FN8O3S/c1-44(42,43)28(33)19-9-18(10-21(32)11-19)23-7-8-35-29-26(23)37-30(38-29)27-24-13-17(5-6-25(24)39-40-27)20-12-22(15-34-14-20)36-31(41)16-3-2-4-16/h5-16,28H,2-4,33H2,1H3,(H,36,41)(H,39,40)(H,35,37,38). The highest BCUT2D eigenvalue weighted by Gasteiger charge is 2.25. The molecule has 0 saturated heterocycles. The second-order valence-electron chi connectivity index (χ2n) is 11.1. The number of carbonyl (C=O) groups excluding carboxylic acids is 1. The van der Waals surface area contributed by atoms with E-state index in [1.807, 2.05) is 24.3 Å². The lowest BCUT2D eigenvalue weighted by atomic mass is 9.85. The number of anilines is 1. The van der Waals surface area contributed by atoms with Gasteiger partial charge in [-0.15, -0.1) is 0 Å². The van der Waals surface area contributed by atoms with Crippen molar-refractivity contribution in [3.8, 4) is 33.8 Å². The summed E-state index contributed by atoms with van der Waals surface area (Å²) in [6, 6.07) is 13.4. The highest BCUT2D eigenvalue weighted by molar-refractivity contribution is 7.90. The zero-order valence-corrected chi connectivity index (χ0v) is 24.3. The minimum Gasteiger partial charge on any atom is -0.324 e. The van der Waals surface area contributed by atoms with Gasteiger partial charge in [0.15, 0.2) is 21.3 Å². The lowest BCUT2D eigenvalue weighted by Gasteiger charge is -2.24. The van der Waals surface area contributed by atoms with Crippen molar-refractivity contribution in [2.24, 2.45) is 11.7 Å². The van der Waals surface area contributed by atoms with Crippen molar-refractivity contribution < 1.29 is 17.6 Å². The molecule has 2 aromatic carbocycles. The van der Waals surface area contributed by atoms with Crippen molar-refractivity contribution in [3.05, 3.63) is 78.5 Å². The topological polar surface area (TPSA) is 172 Å². The van der Waals surface area contributed by atoms with E-state index in [1.54, 1.807) is 30.7 Å². The number of halogens is 1. The SMILES string of the molecule is CS(=O)(=O)C(N)c1cc(F)cc(-c2ccnc3[nH]c(-c4n[nH]c5ccc(-c6cncc(NC(=O)C7CCC7)c6)cc45)nc23)c1. The van der Waals surface area contributed by atoms with E-state index in [9.17, 15) is 17.6 Å². The summed E-state index contributed by atoms with van der Waals surface area (Å²) >= 11 is 0. The number of rotatable bonds is 7. The van der Waals surface area contributed by atoms with E-state index in [4.69, 9.17) is 10.7 Å².